The van der Waals surface area contributed by atoms with E-state index in [0.29, 0.717) is 13.0 Å². The fourth-order valence-electron chi connectivity index (χ4n) is 2.67. The van der Waals surface area contributed by atoms with Crippen LogP contribution in [0.2, 0.25) is 0 Å². The molecule has 1 aliphatic rings. The van der Waals surface area contributed by atoms with Crippen LogP contribution in [0.4, 0.5) is 18.9 Å². The van der Waals surface area contributed by atoms with Crippen LogP contribution >= 0.6 is 0 Å². The standard InChI is InChI=1S/C19H17F3N2O2/c20-19(21,22)13-6-8-14(9-7-13)24-18(26)16-10-15(16)17(25)23-11-12-4-2-1-3-5-12/h1-9,15-16H,10-11H2,(H,23,25)(H,24,26). The molecule has 0 radical (unpaired) electrons. The third-order valence-electron chi connectivity index (χ3n) is 4.25. The summed E-state index contributed by atoms with van der Waals surface area (Å²) in [6, 6.07) is 13.6. The Kier molecular flexibility index (Phi) is 4.97. The fourth-order valence-corrected chi connectivity index (χ4v) is 2.67. The van der Waals surface area contributed by atoms with Crippen LogP contribution in [0, 0.1) is 11.8 Å². The number of hydrogen-bond donors (Lipinski definition) is 2. The average Bonchev–Trinajstić information content (AvgIpc) is 3.41. The van der Waals surface area contributed by atoms with E-state index in [4.69, 9.17) is 0 Å². The maximum atomic E-state index is 12.5. The molecular formula is C19H17F3N2O2. The monoisotopic (exact) mass is 362 g/mol. The first kappa shape index (κ1) is 18.0. The lowest BCUT2D eigenvalue weighted by atomic mass is 10.2. The molecule has 136 valence electrons. The third kappa shape index (κ3) is 4.41. The number of carbonyl (C=O) groups excluding carboxylic acids is 2. The average molecular weight is 362 g/mol. The molecule has 1 aliphatic carbocycles. The molecular weight excluding hydrogens is 345 g/mol. The van der Waals surface area contributed by atoms with Crippen LogP contribution in [0.5, 0.6) is 0 Å². The summed E-state index contributed by atoms with van der Waals surface area (Å²) in [5.41, 5.74) is 0.464. The van der Waals surface area contributed by atoms with Crippen molar-refractivity contribution in [3.05, 3.63) is 65.7 Å². The Morgan fingerprint density at radius 3 is 2.15 bits per heavy atom. The summed E-state index contributed by atoms with van der Waals surface area (Å²) >= 11 is 0. The van der Waals surface area contributed by atoms with Gasteiger partial charge in [-0.25, -0.2) is 0 Å². The molecule has 4 nitrogen and oxygen atoms in total. The van der Waals surface area contributed by atoms with Gasteiger partial charge in [0.2, 0.25) is 11.8 Å². The first-order valence-electron chi connectivity index (χ1n) is 8.14. The highest BCUT2D eigenvalue weighted by Crippen LogP contribution is 2.39. The van der Waals surface area contributed by atoms with Crippen LogP contribution in [0.25, 0.3) is 0 Å². The Hall–Kier alpha value is -2.83. The number of alkyl halides is 3. The van der Waals surface area contributed by atoms with Crippen molar-refractivity contribution in [2.24, 2.45) is 11.8 Å². The van der Waals surface area contributed by atoms with Gasteiger partial charge in [-0.05, 0) is 36.2 Å². The molecule has 2 aromatic carbocycles. The highest BCUT2D eigenvalue weighted by molar-refractivity contribution is 5.99. The van der Waals surface area contributed by atoms with Gasteiger partial charge < -0.3 is 10.6 Å². The lowest BCUT2D eigenvalue weighted by Crippen LogP contribution is -2.27. The first-order valence-corrected chi connectivity index (χ1v) is 8.14. The van der Waals surface area contributed by atoms with Crippen molar-refractivity contribution in [2.75, 3.05) is 5.32 Å². The molecule has 0 bridgehead atoms. The summed E-state index contributed by atoms with van der Waals surface area (Å²) < 4.78 is 37.6. The van der Waals surface area contributed by atoms with Crippen LogP contribution < -0.4 is 10.6 Å². The number of amides is 2. The summed E-state index contributed by atoms with van der Waals surface area (Å²) in [4.78, 5) is 24.2. The predicted molar refractivity (Wildman–Crippen MR) is 90.0 cm³/mol. The van der Waals surface area contributed by atoms with Gasteiger partial charge in [-0.3, -0.25) is 9.59 Å². The maximum absolute atomic E-state index is 12.5. The molecule has 7 heteroatoms. The Morgan fingerprint density at radius 2 is 1.54 bits per heavy atom. The second kappa shape index (κ2) is 7.19. The molecule has 0 saturated heterocycles. The van der Waals surface area contributed by atoms with E-state index in [9.17, 15) is 22.8 Å². The van der Waals surface area contributed by atoms with Crippen molar-refractivity contribution in [3.63, 3.8) is 0 Å². The molecule has 0 aromatic heterocycles. The van der Waals surface area contributed by atoms with Crippen LogP contribution in [0.15, 0.2) is 54.6 Å². The van der Waals surface area contributed by atoms with E-state index < -0.39 is 23.6 Å². The molecule has 2 aromatic rings. The van der Waals surface area contributed by atoms with E-state index in [1.54, 1.807) is 0 Å². The number of halogens is 3. The second-order valence-corrected chi connectivity index (χ2v) is 6.22. The van der Waals surface area contributed by atoms with E-state index in [-0.39, 0.29) is 17.5 Å². The number of hydrogen-bond acceptors (Lipinski definition) is 2. The molecule has 3 rings (SSSR count). The number of benzene rings is 2. The normalized spacial score (nSPS) is 18.9. The molecule has 0 spiro atoms. The Labute approximate surface area is 148 Å². The zero-order valence-corrected chi connectivity index (χ0v) is 13.7. The SMILES string of the molecule is O=C(NCc1ccccc1)C1CC1C(=O)Nc1ccc(C(F)(F)F)cc1. The van der Waals surface area contributed by atoms with E-state index >= 15 is 0 Å². The number of nitrogens with one attached hydrogen (secondary N) is 2. The fraction of sp³-hybridized carbons (Fsp3) is 0.263. The van der Waals surface area contributed by atoms with Crippen LogP contribution in [-0.4, -0.2) is 11.8 Å². The third-order valence-corrected chi connectivity index (χ3v) is 4.25. The number of anilines is 1. The molecule has 1 fully saturated rings. The Bertz CT molecular complexity index is 789. The molecule has 1 saturated carbocycles. The van der Waals surface area contributed by atoms with Gasteiger partial charge in [-0.15, -0.1) is 0 Å². The molecule has 0 aliphatic heterocycles. The summed E-state index contributed by atoms with van der Waals surface area (Å²) in [7, 11) is 0. The molecule has 26 heavy (non-hydrogen) atoms. The van der Waals surface area contributed by atoms with Gasteiger partial charge in [-0.1, -0.05) is 30.3 Å². The quantitative estimate of drug-likeness (QED) is 0.854. The Balaban J connectivity index is 1.48. The van der Waals surface area contributed by atoms with E-state index in [1.165, 1.54) is 12.1 Å². The van der Waals surface area contributed by atoms with Crippen molar-refractivity contribution in [2.45, 2.75) is 19.1 Å². The highest BCUT2D eigenvalue weighted by atomic mass is 19.4. The van der Waals surface area contributed by atoms with Crippen LogP contribution in [-0.2, 0) is 22.3 Å². The number of rotatable bonds is 5. The lowest BCUT2D eigenvalue weighted by molar-refractivity contribution is -0.137. The zero-order chi connectivity index (χ0) is 18.7. The summed E-state index contributed by atoms with van der Waals surface area (Å²) in [5.74, 6) is -1.40. The summed E-state index contributed by atoms with van der Waals surface area (Å²) in [6.07, 6.45) is -3.98. The zero-order valence-electron chi connectivity index (χ0n) is 13.7. The van der Waals surface area contributed by atoms with Gasteiger partial charge in [0.1, 0.15) is 0 Å². The maximum Gasteiger partial charge on any atom is 0.416 e. The van der Waals surface area contributed by atoms with Gasteiger partial charge in [0, 0.05) is 12.2 Å². The molecule has 2 atom stereocenters. The van der Waals surface area contributed by atoms with Crippen molar-refractivity contribution >= 4 is 17.5 Å². The van der Waals surface area contributed by atoms with Crippen molar-refractivity contribution < 1.29 is 22.8 Å². The number of carbonyl (C=O) groups is 2. The minimum absolute atomic E-state index is 0.193. The van der Waals surface area contributed by atoms with E-state index in [0.717, 1.165) is 17.7 Å². The van der Waals surface area contributed by atoms with Crippen molar-refractivity contribution in [3.8, 4) is 0 Å². The summed E-state index contributed by atoms with van der Waals surface area (Å²) in [5, 5.41) is 5.34. The minimum Gasteiger partial charge on any atom is -0.352 e. The molecule has 2 unspecified atom stereocenters. The van der Waals surface area contributed by atoms with Gasteiger partial charge >= 0.3 is 6.18 Å². The smallest absolute Gasteiger partial charge is 0.352 e. The Morgan fingerprint density at radius 1 is 0.923 bits per heavy atom. The summed E-state index contributed by atoms with van der Waals surface area (Å²) in [6.45, 7) is 0.392. The predicted octanol–water partition coefficient (Wildman–Crippen LogP) is 3.60. The van der Waals surface area contributed by atoms with Crippen LogP contribution in [0.3, 0.4) is 0 Å². The molecule has 2 N–H and O–H groups in total. The van der Waals surface area contributed by atoms with Gasteiger partial charge in [0.25, 0.3) is 0 Å². The van der Waals surface area contributed by atoms with Gasteiger partial charge in [0.15, 0.2) is 0 Å². The van der Waals surface area contributed by atoms with Crippen molar-refractivity contribution in [1.29, 1.82) is 0 Å². The van der Waals surface area contributed by atoms with E-state index in [2.05, 4.69) is 10.6 Å². The topological polar surface area (TPSA) is 58.2 Å². The van der Waals surface area contributed by atoms with Gasteiger partial charge in [0.05, 0.1) is 17.4 Å². The van der Waals surface area contributed by atoms with Crippen LogP contribution in [0.1, 0.15) is 17.5 Å². The second-order valence-electron chi connectivity index (χ2n) is 6.22. The van der Waals surface area contributed by atoms with E-state index in [1.807, 2.05) is 30.3 Å². The first-order chi connectivity index (χ1) is 12.3. The van der Waals surface area contributed by atoms with Gasteiger partial charge in [-0.2, -0.15) is 13.2 Å². The highest BCUT2D eigenvalue weighted by Gasteiger charge is 2.47. The minimum atomic E-state index is -4.42. The largest absolute Gasteiger partial charge is 0.416 e. The molecule has 0 heterocycles. The van der Waals surface area contributed by atoms with Crippen molar-refractivity contribution in [1.82, 2.24) is 5.32 Å². The molecule has 2 amide bonds. The lowest BCUT2D eigenvalue weighted by Gasteiger charge is -2.09.